The average Bonchev–Trinajstić information content (AvgIpc) is 3.06. The van der Waals surface area contributed by atoms with E-state index in [1.54, 1.807) is 0 Å². The van der Waals surface area contributed by atoms with Crippen LogP contribution in [0.2, 0.25) is 0 Å². The third-order valence-electron chi connectivity index (χ3n) is 5.16. The average molecular weight is 582 g/mol. The summed E-state index contributed by atoms with van der Waals surface area (Å²) in [6.45, 7) is -1.00. The number of rotatable bonds is 9. The molecule has 206 valence electrons. The SMILES string of the molecule is O=c1ccn([C@@H]2O[C@H](COP(=O)(O)OP(=O)(O)O[C@H]3OC(CS)[C@@H](O)[C@H](O)C3O)[C@H](O)C2O)c(=O)[nH]1. The molecule has 0 spiro atoms. The van der Waals surface area contributed by atoms with Gasteiger partial charge in [0, 0.05) is 18.0 Å². The summed E-state index contributed by atoms with van der Waals surface area (Å²) in [6, 6.07) is 0.938. The predicted molar refractivity (Wildman–Crippen MR) is 116 cm³/mol. The standard InChI is InChI=1S/C15H24N2O16P2S/c18-7-1-2-17(15(24)16-7)13-11(22)8(19)5(30-13)3-29-34(25,26)33-35(27,28)32-14-12(23)10(21)9(20)6(4-36)31-14/h1-2,5-6,8-14,19-23,36H,3-4H2,(H,25,26)(H,27,28)(H,16,18,24)/t5-,6?,8+,9-,10+,11?,12?,13-,14-/m1/s1. The van der Waals surface area contributed by atoms with Crippen molar-refractivity contribution >= 4 is 28.3 Å². The van der Waals surface area contributed by atoms with Crippen LogP contribution < -0.4 is 11.2 Å². The van der Waals surface area contributed by atoms with E-state index in [0.29, 0.717) is 0 Å². The molecule has 0 amide bonds. The van der Waals surface area contributed by atoms with Crippen LogP contribution in [-0.2, 0) is 32.0 Å². The first kappa shape index (κ1) is 29.6. The molecule has 3 rings (SSSR count). The molecule has 1 aromatic heterocycles. The maximum Gasteiger partial charge on any atom is 0.483 e. The lowest BCUT2D eigenvalue weighted by molar-refractivity contribution is -0.270. The normalized spacial score (nSPS) is 38.4. The Morgan fingerprint density at radius 2 is 1.58 bits per heavy atom. The first-order valence-electron chi connectivity index (χ1n) is 9.99. The molecule has 8 N–H and O–H groups in total. The summed E-state index contributed by atoms with van der Waals surface area (Å²) < 4.78 is 48.5. The Kier molecular flexibility index (Phi) is 9.36. The fourth-order valence-corrected chi connectivity index (χ4v) is 5.81. The lowest BCUT2D eigenvalue weighted by Gasteiger charge is -2.39. The molecule has 2 fully saturated rings. The van der Waals surface area contributed by atoms with Gasteiger partial charge in [-0.15, -0.1) is 0 Å². The predicted octanol–water partition coefficient (Wildman–Crippen LogP) is -3.86. The molecule has 2 aliphatic rings. The van der Waals surface area contributed by atoms with E-state index in [1.165, 1.54) is 0 Å². The van der Waals surface area contributed by atoms with E-state index in [-0.39, 0.29) is 5.75 Å². The van der Waals surface area contributed by atoms with E-state index < -0.39 is 88.7 Å². The van der Waals surface area contributed by atoms with E-state index >= 15 is 0 Å². The van der Waals surface area contributed by atoms with Gasteiger partial charge in [-0.25, -0.2) is 13.9 Å². The van der Waals surface area contributed by atoms with Crippen LogP contribution in [0.3, 0.4) is 0 Å². The molecule has 21 heteroatoms. The topological polar surface area (TPSA) is 277 Å². The number of phosphoric acid groups is 2. The van der Waals surface area contributed by atoms with Crippen molar-refractivity contribution in [2.45, 2.75) is 55.2 Å². The molecule has 0 aliphatic carbocycles. The van der Waals surface area contributed by atoms with Gasteiger partial charge in [0.2, 0.25) is 0 Å². The summed E-state index contributed by atoms with van der Waals surface area (Å²) in [7, 11) is -11.0. The fraction of sp³-hybridized carbons (Fsp3) is 0.733. The van der Waals surface area contributed by atoms with Crippen LogP contribution in [0.5, 0.6) is 0 Å². The van der Waals surface area contributed by atoms with Gasteiger partial charge in [-0.1, -0.05) is 0 Å². The summed E-state index contributed by atoms with van der Waals surface area (Å²) >= 11 is 3.85. The highest BCUT2D eigenvalue weighted by molar-refractivity contribution is 7.80. The van der Waals surface area contributed by atoms with Crippen molar-refractivity contribution in [3.8, 4) is 0 Å². The number of aliphatic hydroxyl groups is 5. The quantitative estimate of drug-likeness (QED) is 0.0995. The van der Waals surface area contributed by atoms with Crippen molar-refractivity contribution in [1.82, 2.24) is 9.55 Å². The molecule has 2 saturated heterocycles. The highest BCUT2D eigenvalue weighted by Gasteiger charge is 2.49. The zero-order chi connectivity index (χ0) is 27.0. The van der Waals surface area contributed by atoms with E-state index in [4.69, 9.17) is 9.47 Å². The Morgan fingerprint density at radius 1 is 0.944 bits per heavy atom. The Hall–Kier alpha value is -0.990. The Labute approximate surface area is 206 Å². The Balaban J connectivity index is 1.61. The van der Waals surface area contributed by atoms with Crippen LogP contribution in [0.4, 0.5) is 0 Å². The van der Waals surface area contributed by atoms with Crippen LogP contribution in [0.15, 0.2) is 21.9 Å². The summed E-state index contributed by atoms with van der Waals surface area (Å²) in [5.41, 5.74) is -1.73. The number of ether oxygens (including phenoxy) is 2. The number of hydrogen-bond acceptors (Lipinski definition) is 15. The van der Waals surface area contributed by atoms with Gasteiger partial charge >= 0.3 is 21.3 Å². The zero-order valence-corrected chi connectivity index (χ0v) is 20.5. The number of aliphatic hydroxyl groups excluding tert-OH is 5. The second-order valence-electron chi connectivity index (χ2n) is 7.68. The minimum Gasteiger partial charge on any atom is -0.388 e. The van der Waals surface area contributed by atoms with Crippen LogP contribution in [-0.4, -0.2) is 106 Å². The highest BCUT2D eigenvalue weighted by atomic mass is 32.1. The number of nitrogens with one attached hydrogen (secondary N) is 1. The largest absolute Gasteiger partial charge is 0.483 e. The molecule has 0 bridgehead atoms. The number of thiol groups is 1. The number of hydrogen-bond donors (Lipinski definition) is 9. The van der Waals surface area contributed by atoms with Gasteiger partial charge in [0.15, 0.2) is 12.5 Å². The third kappa shape index (κ3) is 6.71. The van der Waals surface area contributed by atoms with Crippen LogP contribution in [0.1, 0.15) is 6.23 Å². The molecule has 0 saturated carbocycles. The van der Waals surface area contributed by atoms with Gasteiger partial charge in [-0.05, 0) is 0 Å². The lowest BCUT2D eigenvalue weighted by atomic mass is 10.0. The molecule has 1 aromatic rings. The Morgan fingerprint density at radius 3 is 2.19 bits per heavy atom. The lowest BCUT2D eigenvalue weighted by Crippen LogP contribution is -2.58. The minimum absolute atomic E-state index is 0.204. The molecular weight excluding hydrogens is 558 g/mol. The van der Waals surface area contributed by atoms with E-state index in [0.717, 1.165) is 16.8 Å². The molecule has 18 nitrogen and oxygen atoms in total. The van der Waals surface area contributed by atoms with Crippen molar-refractivity contribution in [3.05, 3.63) is 33.1 Å². The van der Waals surface area contributed by atoms with Crippen LogP contribution in [0, 0.1) is 0 Å². The monoisotopic (exact) mass is 582 g/mol. The molecule has 0 aromatic carbocycles. The van der Waals surface area contributed by atoms with Crippen molar-refractivity contribution in [2.24, 2.45) is 0 Å². The highest BCUT2D eigenvalue weighted by Crippen LogP contribution is 2.61. The first-order valence-corrected chi connectivity index (χ1v) is 13.6. The van der Waals surface area contributed by atoms with Crippen molar-refractivity contribution < 1.29 is 67.3 Å². The van der Waals surface area contributed by atoms with Gasteiger partial charge < -0.3 is 44.8 Å². The molecule has 0 radical (unpaired) electrons. The van der Waals surface area contributed by atoms with Gasteiger partial charge in [-0.3, -0.25) is 23.4 Å². The number of aromatic nitrogens is 2. The third-order valence-corrected chi connectivity index (χ3v) is 8.12. The van der Waals surface area contributed by atoms with Gasteiger partial charge in [0.1, 0.15) is 36.6 Å². The molecular formula is C15H24N2O16P2S. The minimum atomic E-state index is -5.54. The van der Waals surface area contributed by atoms with E-state index in [9.17, 15) is 54.0 Å². The van der Waals surface area contributed by atoms with Crippen molar-refractivity contribution in [2.75, 3.05) is 12.4 Å². The van der Waals surface area contributed by atoms with E-state index in [2.05, 4.69) is 26.0 Å². The Bertz CT molecular complexity index is 1130. The maximum atomic E-state index is 12.2. The molecule has 2 aliphatic heterocycles. The van der Waals surface area contributed by atoms with Crippen LogP contribution in [0.25, 0.3) is 0 Å². The van der Waals surface area contributed by atoms with Gasteiger partial charge in [0.25, 0.3) is 5.56 Å². The smallest absolute Gasteiger partial charge is 0.388 e. The maximum absolute atomic E-state index is 12.2. The number of phosphoric ester groups is 2. The van der Waals surface area contributed by atoms with Crippen LogP contribution >= 0.6 is 28.3 Å². The second-order valence-corrected chi connectivity index (χ2v) is 11.0. The summed E-state index contributed by atoms with van der Waals surface area (Å²) in [5.74, 6) is -0.204. The molecule has 3 heterocycles. The van der Waals surface area contributed by atoms with E-state index in [1.807, 2.05) is 4.98 Å². The summed E-state index contributed by atoms with van der Waals surface area (Å²) in [6.07, 6.45) is -14.5. The summed E-state index contributed by atoms with van der Waals surface area (Å²) in [5, 5.41) is 49.7. The number of H-pyrrole nitrogens is 1. The number of nitrogens with zero attached hydrogens (tertiary/aromatic N) is 1. The van der Waals surface area contributed by atoms with Crippen molar-refractivity contribution in [1.29, 1.82) is 0 Å². The van der Waals surface area contributed by atoms with Crippen molar-refractivity contribution in [3.63, 3.8) is 0 Å². The molecule has 11 atom stereocenters. The first-order chi connectivity index (χ1) is 16.7. The second kappa shape index (κ2) is 11.4. The molecule has 36 heavy (non-hydrogen) atoms. The summed E-state index contributed by atoms with van der Waals surface area (Å²) in [4.78, 5) is 44.6. The fourth-order valence-electron chi connectivity index (χ4n) is 3.35. The van der Waals surface area contributed by atoms with Gasteiger partial charge in [-0.2, -0.15) is 16.9 Å². The molecule has 5 unspecified atom stereocenters. The van der Waals surface area contributed by atoms with Gasteiger partial charge in [0.05, 0.1) is 12.7 Å². The number of aromatic amines is 1. The zero-order valence-electron chi connectivity index (χ0n) is 17.9.